The normalized spacial score (nSPS) is 11.4. The van der Waals surface area contributed by atoms with E-state index in [0.717, 1.165) is 11.1 Å². The highest BCUT2D eigenvalue weighted by Crippen LogP contribution is 2.32. The first kappa shape index (κ1) is 10.9. The van der Waals surface area contributed by atoms with Crippen molar-refractivity contribution in [2.45, 2.75) is 19.3 Å². The predicted molar refractivity (Wildman–Crippen MR) is 65.0 cm³/mol. The summed E-state index contributed by atoms with van der Waals surface area (Å²) in [5, 5.41) is 0. The van der Waals surface area contributed by atoms with E-state index in [1.807, 2.05) is 56.3 Å². The Morgan fingerprint density at radius 2 is 1.38 bits per heavy atom. The number of hydrogen-bond donors (Lipinski definition) is 0. The summed E-state index contributed by atoms with van der Waals surface area (Å²) in [5.41, 5.74) is 1.56. The molecular formula is C15H15F. The maximum atomic E-state index is 13.8. The molecule has 2 rings (SSSR count). The third kappa shape index (κ3) is 1.85. The maximum Gasteiger partial charge on any atom is 0.127 e. The molecule has 2 aromatic rings. The summed E-state index contributed by atoms with van der Waals surface area (Å²) in [6, 6.07) is 17.0. The second-order valence-corrected chi connectivity index (χ2v) is 4.47. The van der Waals surface area contributed by atoms with Gasteiger partial charge in [-0.05, 0) is 17.2 Å². The van der Waals surface area contributed by atoms with Crippen molar-refractivity contribution in [3.05, 3.63) is 71.5 Å². The summed E-state index contributed by atoms with van der Waals surface area (Å²) < 4.78 is 13.8. The van der Waals surface area contributed by atoms with Gasteiger partial charge in [0.1, 0.15) is 5.82 Å². The lowest BCUT2D eigenvalue weighted by Gasteiger charge is -2.26. The highest BCUT2D eigenvalue weighted by Gasteiger charge is 2.25. The van der Waals surface area contributed by atoms with Gasteiger partial charge in [-0.1, -0.05) is 62.4 Å². The zero-order valence-corrected chi connectivity index (χ0v) is 9.57. The van der Waals surface area contributed by atoms with E-state index in [1.165, 1.54) is 6.07 Å². The molecular weight excluding hydrogens is 199 g/mol. The summed E-state index contributed by atoms with van der Waals surface area (Å²) in [6.07, 6.45) is 0. The Bertz CT molecular complexity index is 472. The quantitative estimate of drug-likeness (QED) is 0.704. The Morgan fingerprint density at radius 1 is 0.812 bits per heavy atom. The molecule has 0 N–H and O–H groups in total. The fourth-order valence-corrected chi connectivity index (χ4v) is 1.98. The molecule has 0 spiro atoms. The monoisotopic (exact) mass is 214 g/mol. The molecule has 82 valence electrons. The molecule has 0 bridgehead atoms. The van der Waals surface area contributed by atoms with Gasteiger partial charge in [0.2, 0.25) is 0 Å². The van der Waals surface area contributed by atoms with Crippen LogP contribution in [0.15, 0.2) is 54.6 Å². The van der Waals surface area contributed by atoms with Gasteiger partial charge in [-0.25, -0.2) is 4.39 Å². The van der Waals surface area contributed by atoms with Crippen LogP contribution in [0.4, 0.5) is 4.39 Å². The van der Waals surface area contributed by atoms with Crippen LogP contribution in [0.2, 0.25) is 0 Å². The topological polar surface area (TPSA) is 0 Å². The van der Waals surface area contributed by atoms with E-state index in [9.17, 15) is 4.39 Å². The van der Waals surface area contributed by atoms with Crippen molar-refractivity contribution in [1.82, 2.24) is 0 Å². The van der Waals surface area contributed by atoms with Gasteiger partial charge in [0.15, 0.2) is 0 Å². The van der Waals surface area contributed by atoms with Crippen LogP contribution in [0, 0.1) is 5.82 Å². The van der Waals surface area contributed by atoms with Crippen LogP contribution in [-0.2, 0) is 5.41 Å². The molecule has 0 amide bonds. The van der Waals surface area contributed by atoms with Crippen LogP contribution in [-0.4, -0.2) is 0 Å². The number of hydrogen-bond acceptors (Lipinski definition) is 0. The summed E-state index contributed by atoms with van der Waals surface area (Å²) in [6.45, 7) is 4.08. The highest BCUT2D eigenvalue weighted by atomic mass is 19.1. The molecule has 0 fully saturated rings. The third-order valence-corrected chi connectivity index (χ3v) is 3.04. The molecule has 0 aliphatic heterocycles. The molecule has 0 aromatic heterocycles. The van der Waals surface area contributed by atoms with Crippen LogP contribution in [0.1, 0.15) is 25.0 Å². The summed E-state index contributed by atoms with van der Waals surface area (Å²) in [4.78, 5) is 0. The number of rotatable bonds is 2. The maximum absolute atomic E-state index is 13.8. The van der Waals surface area contributed by atoms with Crippen molar-refractivity contribution in [2.75, 3.05) is 0 Å². The van der Waals surface area contributed by atoms with Crippen molar-refractivity contribution in [2.24, 2.45) is 0 Å². The van der Waals surface area contributed by atoms with Crippen molar-refractivity contribution >= 4 is 0 Å². The van der Waals surface area contributed by atoms with Crippen LogP contribution in [0.5, 0.6) is 0 Å². The zero-order chi connectivity index (χ0) is 11.6. The fourth-order valence-electron chi connectivity index (χ4n) is 1.98. The molecule has 16 heavy (non-hydrogen) atoms. The molecule has 0 atom stereocenters. The summed E-state index contributed by atoms with van der Waals surface area (Å²) >= 11 is 0. The van der Waals surface area contributed by atoms with Gasteiger partial charge in [0, 0.05) is 5.41 Å². The van der Waals surface area contributed by atoms with Gasteiger partial charge in [-0.15, -0.1) is 0 Å². The molecule has 0 saturated carbocycles. The lowest BCUT2D eigenvalue weighted by Crippen LogP contribution is -2.20. The van der Waals surface area contributed by atoms with Gasteiger partial charge >= 0.3 is 0 Å². The highest BCUT2D eigenvalue weighted by molar-refractivity contribution is 5.37. The van der Waals surface area contributed by atoms with Gasteiger partial charge in [0.05, 0.1) is 0 Å². The van der Waals surface area contributed by atoms with Gasteiger partial charge in [-0.3, -0.25) is 0 Å². The molecule has 0 unspecified atom stereocenters. The minimum Gasteiger partial charge on any atom is -0.207 e. The Kier molecular flexibility index (Phi) is 2.78. The van der Waals surface area contributed by atoms with Crippen molar-refractivity contribution in [1.29, 1.82) is 0 Å². The van der Waals surface area contributed by atoms with Crippen LogP contribution < -0.4 is 0 Å². The fraction of sp³-hybridized carbons (Fsp3) is 0.200. The molecule has 0 heterocycles. The minimum absolute atomic E-state index is 0.142. The van der Waals surface area contributed by atoms with E-state index in [0.29, 0.717) is 0 Å². The number of halogens is 1. The van der Waals surface area contributed by atoms with E-state index < -0.39 is 0 Å². The first-order valence-corrected chi connectivity index (χ1v) is 5.43. The van der Waals surface area contributed by atoms with Crippen LogP contribution in [0.3, 0.4) is 0 Å². The molecule has 0 aliphatic rings. The SMILES string of the molecule is CC(C)(c1ccccc1)c1ccccc1F. The number of benzene rings is 2. The van der Waals surface area contributed by atoms with Crippen LogP contribution >= 0.6 is 0 Å². The van der Waals surface area contributed by atoms with Crippen LogP contribution in [0.25, 0.3) is 0 Å². The van der Waals surface area contributed by atoms with E-state index >= 15 is 0 Å². The minimum atomic E-state index is -0.299. The summed E-state index contributed by atoms with van der Waals surface area (Å²) in [7, 11) is 0. The van der Waals surface area contributed by atoms with E-state index in [2.05, 4.69) is 0 Å². The Balaban J connectivity index is 2.51. The molecule has 0 nitrogen and oxygen atoms in total. The molecule has 2 aromatic carbocycles. The molecule has 1 heteroatoms. The Hall–Kier alpha value is -1.63. The molecule has 0 radical (unpaired) electrons. The average molecular weight is 214 g/mol. The first-order chi connectivity index (χ1) is 7.62. The van der Waals surface area contributed by atoms with E-state index in [-0.39, 0.29) is 11.2 Å². The second-order valence-electron chi connectivity index (χ2n) is 4.47. The lowest BCUT2D eigenvalue weighted by atomic mass is 9.78. The van der Waals surface area contributed by atoms with Crippen molar-refractivity contribution < 1.29 is 4.39 Å². The molecule has 0 aliphatic carbocycles. The van der Waals surface area contributed by atoms with Crippen molar-refractivity contribution in [3.63, 3.8) is 0 Å². The van der Waals surface area contributed by atoms with Crippen molar-refractivity contribution in [3.8, 4) is 0 Å². The smallest absolute Gasteiger partial charge is 0.127 e. The van der Waals surface area contributed by atoms with E-state index in [4.69, 9.17) is 0 Å². The first-order valence-electron chi connectivity index (χ1n) is 5.43. The zero-order valence-electron chi connectivity index (χ0n) is 9.57. The van der Waals surface area contributed by atoms with Gasteiger partial charge in [0.25, 0.3) is 0 Å². The summed E-state index contributed by atoms with van der Waals surface area (Å²) in [5.74, 6) is -0.142. The second kappa shape index (κ2) is 4.09. The van der Waals surface area contributed by atoms with Gasteiger partial charge in [-0.2, -0.15) is 0 Å². The lowest BCUT2D eigenvalue weighted by molar-refractivity contribution is 0.548. The standard InChI is InChI=1S/C15H15F/c1-15(2,12-8-4-3-5-9-12)13-10-6-7-11-14(13)16/h3-11H,1-2H3. The van der Waals surface area contributed by atoms with E-state index in [1.54, 1.807) is 6.07 Å². The Labute approximate surface area is 95.7 Å². The largest absolute Gasteiger partial charge is 0.207 e. The third-order valence-electron chi connectivity index (χ3n) is 3.04. The predicted octanol–water partition coefficient (Wildman–Crippen LogP) is 4.15. The Morgan fingerprint density at radius 3 is 2.00 bits per heavy atom. The molecule has 0 saturated heterocycles. The average Bonchev–Trinajstić information content (AvgIpc) is 2.30. The van der Waals surface area contributed by atoms with Gasteiger partial charge < -0.3 is 0 Å².